The van der Waals surface area contributed by atoms with Crippen molar-refractivity contribution in [1.29, 1.82) is 0 Å². The van der Waals surface area contributed by atoms with Crippen molar-refractivity contribution in [1.82, 2.24) is 15.0 Å². The third-order valence-corrected chi connectivity index (χ3v) is 3.54. The number of nitrogens with zero attached hydrogens (tertiary/aromatic N) is 4. The number of pyridine rings is 1. The zero-order valence-corrected chi connectivity index (χ0v) is 12.2. The molecule has 22 heavy (non-hydrogen) atoms. The van der Waals surface area contributed by atoms with Gasteiger partial charge in [-0.15, -0.1) is 0 Å². The summed E-state index contributed by atoms with van der Waals surface area (Å²) in [6.45, 7) is 0.642. The Balaban J connectivity index is 1.99. The van der Waals surface area contributed by atoms with Crippen molar-refractivity contribution in [2.75, 3.05) is 23.8 Å². The Kier molecular flexibility index (Phi) is 3.95. The molecule has 6 nitrogen and oxygen atoms in total. The summed E-state index contributed by atoms with van der Waals surface area (Å²) in [7, 11) is 1.66. The first kappa shape index (κ1) is 14.4. The zero-order chi connectivity index (χ0) is 15.5. The molecule has 1 amide bonds. The van der Waals surface area contributed by atoms with Gasteiger partial charge in [0.1, 0.15) is 11.5 Å². The van der Waals surface area contributed by atoms with Gasteiger partial charge in [-0.25, -0.2) is 19.3 Å². The minimum Gasteiger partial charge on any atom is -0.357 e. The van der Waals surface area contributed by atoms with Crippen LogP contribution in [-0.2, 0) is 4.79 Å². The van der Waals surface area contributed by atoms with Crippen LogP contribution in [0.2, 0.25) is 0 Å². The molecular formula is C15H16FN5O. The topological polar surface area (TPSA) is 71.0 Å². The molecule has 0 aliphatic carbocycles. The maximum absolute atomic E-state index is 14.0. The second-order valence-electron chi connectivity index (χ2n) is 5.02. The fourth-order valence-corrected chi connectivity index (χ4v) is 2.42. The molecule has 1 fully saturated rings. The monoisotopic (exact) mass is 301 g/mol. The van der Waals surface area contributed by atoms with Crippen LogP contribution in [0.3, 0.4) is 0 Å². The summed E-state index contributed by atoms with van der Waals surface area (Å²) < 4.78 is 14.0. The number of carbonyl (C=O) groups is 1. The molecule has 0 saturated carbocycles. The Morgan fingerprint density at radius 2 is 2.14 bits per heavy atom. The number of nitrogens with one attached hydrogen (secondary N) is 1. The number of hydrogen-bond acceptors (Lipinski definition) is 5. The quantitative estimate of drug-likeness (QED) is 0.941. The number of halogens is 1. The summed E-state index contributed by atoms with van der Waals surface area (Å²) in [5, 5.41) is 2.77. The molecule has 1 aliphatic rings. The van der Waals surface area contributed by atoms with Gasteiger partial charge in [0, 0.05) is 20.0 Å². The maximum atomic E-state index is 14.0. The lowest BCUT2D eigenvalue weighted by molar-refractivity contribution is -0.119. The Morgan fingerprint density at radius 1 is 1.27 bits per heavy atom. The third-order valence-electron chi connectivity index (χ3n) is 3.54. The largest absolute Gasteiger partial charge is 0.357 e. The van der Waals surface area contributed by atoms with Gasteiger partial charge in [-0.1, -0.05) is 6.07 Å². The lowest BCUT2D eigenvalue weighted by Gasteiger charge is -2.26. The second kappa shape index (κ2) is 6.05. The van der Waals surface area contributed by atoms with Crippen molar-refractivity contribution in [2.45, 2.75) is 19.3 Å². The van der Waals surface area contributed by atoms with Gasteiger partial charge >= 0.3 is 0 Å². The third kappa shape index (κ3) is 2.74. The van der Waals surface area contributed by atoms with E-state index in [1.807, 2.05) is 0 Å². The molecule has 1 saturated heterocycles. The van der Waals surface area contributed by atoms with Crippen LogP contribution in [0.15, 0.2) is 24.4 Å². The predicted molar refractivity (Wildman–Crippen MR) is 81.0 cm³/mol. The Labute approximate surface area is 127 Å². The predicted octanol–water partition coefficient (Wildman–Crippen LogP) is 2.24. The first-order valence-electron chi connectivity index (χ1n) is 7.17. The standard InChI is InChI=1S/C15H16FN5O/c1-17-15-18-9-10(16)14(20-15)11-5-4-6-12(19-11)21-8-3-2-7-13(21)22/h4-6,9H,2-3,7-8H2,1H3,(H,17,18,20). The summed E-state index contributed by atoms with van der Waals surface area (Å²) in [5.74, 6) is 0.354. The van der Waals surface area contributed by atoms with Crippen LogP contribution in [0.5, 0.6) is 0 Å². The number of anilines is 2. The molecule has 0 radical (unpaired) electrons. The summed E-state index contributed by atoms with van der Waals surface area (Å²) in [5.41, 5.74) is 0.498. The van der Waals surface area contributed by atoms with Crippen LogP contribution in [0, 0.1) is 5.82 Å². The summed E-state index contributed by atoms with van der Waals surface area (Å²) in [6.07, 6.45) is 3.48. The molecule has 7 heteroatoms. The van der Waals surface area contributed by atoms with Crippen LogP contribution >= 0.6 is 0 Å². The van der Waals surface area contributed by atoms with Crippen molar-refractivity contribution >= 4 is 17.7 Å². The van der Waals surface area contributed by atoms with Crippen molar-refractivity contribution in [3.05, 3.63) is 30.2 Å². The van der Waals surface area contributed by atoms with Crippen LogP contribution in [0.1, 0.15) is 19.3 Å². The van der Waals surface area contributed by atoms with E-state index in [0.29, 0.717) is 30.4 Å². The van der Waals surface area contributed by atoms with Crippen LogP contribution in [0.4, 0.5) is 16.2 Å². The van der Waals surface area contributed by atoms with E-state index in [-0.39, 0.29) is 11.6 Å². The van der Waals surface area contributed by atoms with Gasteiger partial charge in [0.2, 0.25) is 11.9 Å². The highest BCUT2D eigenvalue weighted by atomic mass is 19.1. The van der Waals surface area contributed by atoms with E-state index in [4.69, 9.17) is 0 Å². The molecule has 2 aromatic rings. The van der Waals surface area contributed by atoms with E-state index < -0.39 is 5.82 Å². The second-order valence-corrected chi connectivity index (χ2v) is 5.02. The van der Waals surface area contributed by atoms with E-state index in [9.17, 15) is 9.18 Å². The average molecular weight is 301 g/mol. The molecule has 3 rings (SSSR count). The fourth-order valence-electron chi connectivity index (χ4n) is 2.42. The van der Waals surface area contributed by atoms with Crippen molar-refractivity contribution < 1.29 is 9.18 Å². The highest BCUT2D eigenvalue weighted by molar-refractivity contribution is 5.93. The number of aromatic nitrogens is 3. The number of piperidine rings is 1. The SMILES string of the molecule is CNc1ncc(F)c(-c2cccc(N3CCCCC3=O)n2)n1. The Hall–Kier alpha value is -2.57. The zero-order valence-electron chi connectivity index (χ0n) is 12.2. The van der Waals surface area contributed by atoms with E-state index in [1.165, 1.54) is 0 Å². The number of amides is 1. The highest BCUT2D eigenvalue weighted by Crippen LogP contribution is 2.24. The summed E-state index contributed by atoms with van der Waals surface area (Å²) >= 11 is 0. The van der Waals surface area contributed by atoms with E-state index in [1.54, 1.807) is 30.1 Å². The summed E-state index contributed by atoms with van der Waals surface area (Å²) in [4.78, 5) is 26.0. The average Bonchev–Trinajstić information content (AvgIpc) is 2.56. The van der Waals surface area contributed by atoms with Crippen LogP contribution in [0.25, 0.3) is 11.4 Å². The first-order chi connectivity index (χ1) is 10.7. The van der Waals surface area contributed by atoms with Gasteiger partial charge in [-0.2, -0.15) is 0 Å². The highest BCUT2D eigenvalue weighted by Gasteiger charge is 2.21. The molecule has 1 aliphatic heterocycles. The molecule has 3 heterocycles. The van der Waals surface area contributed by atoms with E-state index in [2.05, 4.69) is 20.3 Å². The number of hydrogen-bond donors (Lipinski definition) is 1. The molecule has 0 unspecified atom stereocenters. The van der Waals surface area contributed by atoms with Gasteiger partial charge in [0.05, 0.1) is 11.9 Å². The minimum absolute atomic E-state index is 0.0509. The number of carbonyl (C=O) groups excluding carboxylic acids is 1. The van der Waals surface area contributed by atoms with Crippen molar-refractivity contribution in [2.24, 2.45) is 0 Å². The molecule has 0 aromatic carbocycles. The minimum atomic E-state index is -0.548. The van der Waals surface area contributed by atoms with Gasteiger partial charge in [0.25, 0.3) is 0 Å². The smallest absolute Gasteiger partial charge is 0.228 e. The first-order valence-corrected chi connectivity index (χ1v) is 7.17. The van der Waals surface area contributed by atoms with E-state index in [0.717, 1.165) is 19.0 Å². The van der Waals surface area contributed by atoms with Crippen molar-refractivity contribution in [3.63, 3.8) is 0 Å². The fraction of sp³-hybridized carbons (Fsp3) is 0.333. The lowest BCUT2D eigenvalue weighted by Crippen LogP contribution is -2.35. The molecule has 0 atom stereocenters. The molecule has 1 N–H and O–H groups in total. The van der Waals surface area contributed by atoms with Gasteiger partial charge in [0.15, 0.2) is 5.82 Å². The summed E-state index contributed by atoms with van der Waals surface area (Å²) in [6, 6.07) is 5.17. The van der Waals surface area contributed by atoms with Gasteiger partial charge in [-0.05, 0) is 25.0 Å². The lowest BCUT2D eigenvalue weighted by atomic mass is 10.1. The Morgan fingerprint density at radius 3 is 2.91 bits per heavy atom. The normalized spacial score (nSPS) is 15.0. The number of rotatable bonds is 3. The van der Waals surface area contributed by atoms with Crippen LogP contribution < -0.4 is 10.2 Å². The van der Waals surface area contributed by atoms with E-state index >= 15 is 0 Å². The van der Waals surface area contributed by atoms with Gasteiger partial charge < -0.3 is 5.32 Å². The molecular weight excluding hydrogens is 285 g/mol. The van der Waals surface area contributed by atoms with Crippen LogP contribution in [-0.4, -0.2) is 34.5 Å². The molecule has 0 bridgehead atoms. The molecule has 2 aromatic heterocycles. The van der Waals surface area contributed by atoms with Gasteiger partial charge in [-0.3, -0.25) is 9.69 Å². The molecule has 0 spiro atoms. The maximum Gasteiger partial charge on any atom is 0.228 e. The van der Waals surface area contributed by atoms with Crippen molar-refractivity contribution in [3.8, 4) is 11.4 Å². The Bertz CT molecular complexity index is 706. The molecule has 114 valence electrons.